The van der Waals surface area contributed by atoms with Crippen LogP contribution in [0.25, 0.3) is 5.78 Å². The highest BCUT2D eigenvalue weighted by molar-refractivity contribution is 5.91. The van der Waals surface area contributed by atoms with Crippen molar-refractivity contribution < 1.29 is 9.53 Å². The Hall–Kier alpha value is -3.16. The third kappa shape index (κ3) is 3.30. The summed E-state index contributed by atoms with van der Waals surface area (Å²) in [6, 6.07) is 9.85. The second-order valence-corrected chi connectivity index (χ2v) is 6.41. The Morgan fingerprint density at radius 3 is 2.67 bits per heavy atom. The molecule has 0 unspecified atom stereocenters. The van der Waals surface area contributed by atoms with Crippen LogP contribution >= 0.6 is 0 Å². The van der Waals surface area contributed by atoms with Crippen LogP contribution in [0.15, 0.2) is 36.5 Å². The van der Waals surface area contributed by atoms with Gasteiger partial charge in [-0.05, 0) is 32.0 Å². The van der Waals surface area contributed by atoms with Crippen molar-refractivity contribution >= 4 is 17.4 Å². The molecule has 1 aliphatic rings. The third-order valence-electron chi connectivity index (χ3n) is 4.69. The Morgan fingerprint density at radius 2 is 1.93 bits per heavy atom. The Labute approximate surface area is 157 Å². The van der Waals surface area contributed by atoms with Gasteiger partial charge in [0.1, 0.15) is 5.75 Å². The number of hydrogen-bond acceptors (Lipinski definition) is 6. The smallest absolute Gasteiger partial charge is 0.293 e. The zero-order chi connectivity index (χ0) is 18.8. The normalized spacial score (nSPS) is 14.6. The number of ether oxygens (including phenoxy) is 1. The number of piperazine rings is 1. The number of nitrogens with zero attached hydrogens (tertiary/aromatic N) is 6. The Morgan fingerprint density at radius 1 is 1.15 bits per heavy atom. The molecule has 1 amide bonds. The van der Waals surface area contributed by atoms with E-state index >= 15 is 0 Å². The zero-order valence-corrected chi connectivity index (χ0v) is 15.5. The van der Waals surface area contributed by atoms with Gasteiger partial charge in [-0.2, -0.15) is 4.98 Å². The van der Waals surface area contributed by atoms with Crippen molar-refractivity contribution in [2.24, 2.45) is 0 Å². The Kier molecular flexibility index (Phi) is 4.62. The average molecular weight is 366 g/mol. The van der Waals surface area contributed by atoms with E-state index in [0.717, 1.165) is 30.2 Å². The van der Waals surface area contributed by atoms with Crippen LogP contribution in [0.3, 0.4) is 0 Å². The maximum Gasteiger partial charge on any atom is 0.293 e. The number of hydrogen-bond donors (Lipinski definition) is 0. The van der Waals surface area contributed by atoms with Gasteiger partial charge in [-0.1, -0.05) is 12.1 Å². The molecular formula is C19H22N6O2. The van der Waals surface area contributed by atoms with Gasteiger partial charge in [0.15, 0.2) is 0 Å². The van der Waals surface area contributed by atoms with Gasteiger partial charge in [0, 0.05) is 38.1 Å². The molecule has 140 valence electrons. The standard InChI is InChI=1S/C19H22N6O2/c1-3-27-16-7-5-4-6-15(16)23-10-12-24(13-11-23)18(26)17-21-19-20-9-8-14(2)25(19)22-17/h4-9H,3,10-13H2,1-2H3. The minimum atomic E-state index is -0.155. The lowest BCUT2D eigenvalue weighted by atomic mass is 10.2. The highest BCUT2D eigenvalue weighted by Gasteiger charge is 2.26. The highest BCUT2D eigenvalue weighted by atomic mass is 16.5. The molecule has 1 saturated heterocycles. The monoisotopic (exact) mass is 366 g/mol. The van der Waals surface area contributed by atoms with Crippen molar-refractivity contribution in [1.82, 2.24) is 24.5 Å². The number of para-hydroxylation sites is 2. The molecule has 0 bridgehead atoms. The molecule has 0 atom stereocenters. The van der Waals surface area contributed by atoms with Gasteiger partial charge in [0.25, 0.3) is 11.7 Å². The highest BCUT2D eigenvalue weighted by Crippen LogP contribution is 2.28. The van der Waals surface area contributed by atoms with E-state index in [4.69, 9.17) is 4.74 Å². The van der Waals surface area contributed by atoms with E-state index in [0.29, 0.717) is 25.5 Å². The quantitative estimate of drug-likeness (QED) is 0.701. The van der Waals surface area contributed by atoms with Crippen molar-refractivity contribution in [3.8, 4) is 5.75 Å². The fourth-order valence-electron chi connectivity index (χ4n) is 3.28. The van der Waals surface area contributed by atoms with Crippen LogP contribution in [-0.2, 0) is 0 Å². The van der Waals surface area contributed by atoms with E-state index in [1.165, 1.54) is 0 Å². The molecule has 2 aromatic heterocycles. The van der Waals surface area contributed by atoms with Crippen LogP contribution in [-0.4, -0.2) is 63.2 Å². The summed E-state index contributed by atoms with van der Waals surface area (Å²) in [4.78, 5) is 25.3. The largest absolute Gasteiger partial charge is 0.492 e. The van der Waals surface area contributed by atoms with Crippen molar-refractivity contribution in [3.63, 3.8) is 0 Å². The molecule has 3 heterocycles. The predicted octanol–water partition coefficient (Wildman–Crippen LogP) is 1.79. The number of benzene rings is 1. The van der Waals surface area contributed by atoms with E-state index in [1.54, 1.807) is 15.6 Å². The number of carbonyl (C=O) groups is 1. The Bertz CT molecular complexity index is 962. The number of anilines is 1. The molecule has 0 radical (unpaired) electrons. The first-order valence-electron chi connectivity index (χ1n) is 9.12. The molecule has 0 spiro atoms. The summed E-state index contributed by atoms with van der Waals surface area (Å²) in [6.07, 6.45) is 1.67. The van der Waals surface area contributed by atoms with Crippen LogP contribution in [0.2, 0.25) is 0 Å². The first kappa shape index (κ1) is 17.3. The summed E-state index contributed by atoms with van der Waals surface area (Å²) in [7, 11) is 0. The molecular weight excluding hydrogens is 344 g/mol. The van der Waals surface area contributed by atoms with Gasteiger partial charge >= 0.3 is 0 Å². The molecule has 1 aromatic carbocycles. The van der Waals surface area contributed by atoms with E-state index in [-0.39, 0.29) is 11.7 Å². The van der Waals surface area contributed by atoms with Crippen LogP contribution in [0, 0.1) is 6.92 Å². The van der Waals surface area contributed by atoms with Gasteiger partial charge in [-0.25, -0.2) is 9.50 Å². The maximum absolute atomic E-state index is 12.8. The summed E-state index contributed by atoms with van der Waals surface area (Å²) in [5.74, 6) is 1.36. The van der Waals surface area contributed by atoms with Gasteiger partial charge in [0.05, 0.1) is 12.3 Å². The van der Waals surface area contributed by atoms with E-state index < -0.39 is 0 Å². The first-order valence-corrected chi connectivity index (χ1v) is 9.12. The molecule has 27 heavy (non-hydrogen) atoms. The molecule has 8 nitrogen and oxygen atoms in total. The van der Waals surface area contributed by atoms with Crippen LogP contribution in [0.1, 0.15) is 23.2 Å². The molecule has 1 fully saturated rings. The summed E-state index contributed by atoms with van der Waals surface area (Å²) < 4.78 is 7.33. The van der Waals surface area contributed by atoms with Crippen LogP contribution in [0.4, 0.5) is 5.69 Å². The summed E-state index contributed by atoms with van der Waals surface area (Å²) in [5, 5.41) is 4.32. The molecule has 3 aromatic rings. The molecule has 0 N–H and O–H groups in total. The van der Waals surface area contributed by atoms with Crippen molar-refractivity contribution in [2.75, 3.05) is 37.7 Å². The fourth-order valence-corrected chi connectivity index (χ4v) is 3.28. The lowest BCUT2D eigenvalue weighted by molar-refractivity contribution is 0.0734. The second-order valence-electron chi connectivity index (χ2n) is 6.41. The van der Waals surface area contributed by atoms with E-state index in [1.807, 2.05) is 38.1 Å². The minimum Gasteiger partial charge on any atom is -0.492 e. The van der Waals surface area contributed by atoms with Crippen molar-refractivity contribution in [2.45, 2.75) is 13.8 Å². The molecule has 0 saturated carbocycles. The zero-order valence-electron chi connectivity index (χ0n) is 15.5. The van der Waals surface area contributed by atoms with Gasteiger partial charge < -0.3 is 14.5 Å². The summed E-state index contributed by atoms with van der Waals surface area (Å²) in [6.45, 7) is 7.21. The first-order chi connectivity index (χ1) is 13.2. The molecule has 0 aliphatic carbocycles. The number of rotatable bonds is 4. The second kappa shape index (κ2) is 7.22. The van der Waals surface area contributed by atoms with Gasteiger partial charge in [0.2, 0.25) is 5.82 Å². The SMILES string of the molecule is CCOc1ccccc1N1CCN(C(=O)c2nc3nccc(C)n3n2)CC1. The third-order valence-corrected chi connectivity index (χ3v) is 4.69. The van der Waals surface area contributed by atoms with Crippen LogP contribution < -0.4 is 9.64 Å². The average Bonchev–Trinajstić information content (AvgIpc) is 3.14. The van der Waals surface area contributed by atoms with Crippen LogP contribution in [0.5, 0.6) is 5.75 Å². The molecule has 8 heteroatoms. The molecule has 1 aliphatic heterocycles. The minimum absolute atomic E-state index is 0.155. The number of aryl methyl sites for hydroxylation is 1. The number of amides is 1. The van der Waals surface area contributed by atoms with Crippen molar-refractivity contribution in [3.05, 3.63) is 48.0 Å². The van der Waals surface area contributed by atoms with E-state index in [2.05, 4.69) is 26.0 Å². The van der Waals surface area contributed by atoms with Gasteiger partial charge in [-0.15, -0.1) is 5.10 Å². The Balaban J connectivity index is 1.47. The maximum atomic E-state index is 12.8. The predicted molar refractivity (Wildman–Crippen MR) is 101 cm³/mol. The number of aromatic nitrogens is 4. The fraction of sp³-hybridized carbons (Fsp3) is 0.368. The number of fused-ring (bicyclic) bond motifs is 1. The summed E-state index contributed by atoms with van der Waals surface area (Å²) in [5.41, 5.74) is 1.96. The topological polar surface area (TPSA) is 75.9 Å². The lowest BCUT2D eigenvalue weighted by Crippen LogP contribution is -2.49. The number of carbonyl (C=O) groups excluding carboxylic acids is 1. The van der Waals surface area contributed by atoms with E-state index in [9.17, 15) is 4.79 Å². The van der Waals surface area contributed by atoms with Crippen molar-refractivity contribution in [1.29, 1.82) is 0 Å². The molecule has 4 rings (SSSR count). The van der Waals surface area contributed by atoms with Gasteiger partial charge in [-0.3, -0.25) is 4.79 Å². The lowest BCUT2D eigenvalue weighted by Gasteiger charge is -2.36. The summed E-state index contributed by atoms with van der Waals surface area (Å²) >= 11 is 0.